The molecule has 0 saturated carbocycles. The summed E-state index contributed by atoms with van der Waals surface area (Å²) in [5.74, 6) is -0.181. The predicted octanol–water partition coefficient (Wildman–Crippen LogP) is 5.10. The first kappa shape index (κ1) is 22.8. The molecule has 2 heterocycles. The number of halogens is 3. The second-order valence-corrected chi connectivity index (χ2v) is 8.12. The highest BCUT2D eigenvalue weighted by atomic mass is 19.4. The summed E-state index contributed by atoms with van der Waals surface area (Å²) in [7, 11) is 0. The van der Waals surface area contributed by atoms with Gasteiger partial charge in [0.25, 0.3) is 0 Å². The van der Waals surface area contributed by atoms with Gasteiger partial charge in [0.15, 0.2) is 0 Å². The van der Waals surface area contributed by atoms with Crippen molar-refractivity contribution in [2.45, 2.75) is 32.7 Å². The van der Waals surface area contributed by atoms with Gasteiger partial charge in [-0.3, -0.25) is 14.7 Å². The number of aromatic nitrogens is 1. The third-order valence-corrected chi connectivity index (χ3v) is 5.63. The summed E-state index contributed by atoms with van der Waals surface area (Å²) in [6.07, 6.45) is -3.65. The molecule has 5 nitrogen and oxygen atoms in total. The molecule has 1 aliphatic rings. The maximum Gasteiger partial charge on any atom is 0.416 e. The van der Waals surface area contributed by atoms with Gasteiger partial charge in [0.2, 0.25) is 0 Å². The molecule has 1 N–H and O–H groups in total. The Balaban J connectivity index is 1.43. The lowest BCUT2D eigenvalue weighted by molar-refractivity contribution is -0.139. The molecule has 8 heteroatoms. The van der Waals surface area contributed by atoms with Crippen LogP contribution in [-0.4, -0.2) is 34.0 Å². The summed E-state index contributed by atoms with van der Waals surface area (Å²) in [5, 5.41) is 8.99. The van der Waals surface area contributed by atoms with Crippen LogP contribution in [0, 0.1) is 6.92 Å². The van der Waals surface area contributed by atoms with E-state index in [1.54, 1.807) is 0 Å². The zero-order valence-electron chi connectivity index (χ0n) is 18.0. The number of nitrogens with zero attached hydrogens (tertiary/aromatic N) is 2. The molecule has 1 aromatic heterocycles. The molecule has 3 aromatic rings. The van der Waals surface area contributed by atoms with E-state index < -0.39 is 17.7 Å². The van der Waals surface area contributed by atoms with Gasteiger partial charge in [-0.2, -0.15) is 13.2 Å². The van der Waals surface area contributed by atoms with E-state index in [-0.39, 0.29) is 13.2 Å². The van der Waals surface area contributed by atoms with E-state index in [9.17, 15) is 18.0 Å². The summed E-state index contributed by atoms with van der Waals surface area (Å²) in [5.41, 5.74) is 4.65. The summed E-state index contributed by atoms with van der Waals surface area (Å²) >= 11 is 0. The van der Waals surface area contributed by atoms with Crippen molar-refractivity contribution in [3.05, 3.63) is 82.5 Å². The molecule has 0 fully saturated rings. The Morgan fingerprint density at radius 1 is 1.12 bits per heavy atom. The number of pyridine rings is 1. The Morgan fingerprint density at radius 2 is 1.88 bits per heavy atom. The van der Waals surface area contributed by atoms with Crippen molar-refractivity contribution in [1.82, 2.24) is 9.88 Å². The van der Waals surface area contributed by atoms with E-state index in [4.69, 9.17) is 14.8 Å². The monoisotopic (exact) mass is 456 g/mol. The summed E-state index contributed by atoms with van der Waals surface area (Å²) in [4.78, 5) is 17.6. The van der Waals surface area contributed by atoms with Crippen LogP contribution in [0.2, 0.25) is 0 Å². The quantitative estimate of drug-likeness (QED) is 0.559. The summed E-state index contributed by atoms with van der Waals surface area (Å²) in [6.45, 7) is 3.33. The van der Waals surface area contributed by atoms with Crippen LogP contribution < -0.4 is 4.74 Å². The molecule has 0 saturated heterocycles. The zero-order valence-corrected chi connectivity index (χ0v) is 18.0. The second-order valence-electron chi connectivity index (χ2n) is 8.12. The number of aryl methyl sites for hydroxylation is 1. The number of alkyl halides is 3. The Bertz CT molecular complexity index is 1160. The number of fused-ring (bicyclic) bond motifs is 1. The first-order valence-electron chi connectivity index (χ1n) is 10.5. The molecular weight excluding hydrogens is 433 g/mol. The molecule has 172 valence electrons. The van der Waals surface area contributed by atoms with Crippen molar-refractivity contribution in [3.63, 3.8) is 0 Å². The van der Waals surface area contributed by atoms with Crippen molar-refractivity contribution < 1.29 is 27.8 Å². The average Bonchev–Trinajstić information content (AvgIpc) is 2.77. The molecule has 4 rings (SSSR count). The number of benzene rings is 2. The minimum atomic E-state index is -4.35. The molecule has 1 aliphatic heterocycles. The Morgan fingerprint density at radius 3 is 2.55 bits per heavy atom. The van der Waals surface area contributed by atoms with Crippen LogP contribution in [0.5, 0.6) is 5.75 Å². The standard InChI is InChI=1S/C25H23F3N2O3/c1-16-12-18(21-8-4-19-13-30(14-24(31)32)11-10-22(19)29-21)5-9-23(16)33-15-17-2-6-20(7-3-17)25(26,27)28/h2-9,12H,10-11,13-15H2,1H3,(H,31,32). The third-order valence-electron chi connectivity index (χ3n) is 5.63. The van der Waals surface area contributed by atoms with Crippen LogP contribution in [0.3, 0.4) is 0 Å². The number of rotatable bonds is 6. The van der Waals surface area contributed by atoms with Crippen LogP contribution in [0.25, 0.3) is 11.3 Å². The number of ether oxygens (including phenoxy) is 1. The minimum absolute atomic E-state index is 0.0221. The van der Waals surface area contributed by atoms with E-state index in [0.29, 0.717) is 30.8 Å². The molecule has 0 spiro atoms. The highest BCUT2D eigenvalue weighted by Crippen LogP contribution is 2.30. The SMILES string of the molecule is Cc1cc(-c2ccc3c(n2)CCN(CC(=O)O)C3)ccc1OCc1ccc(C(F)(F)F)cc1. The van der Waals surface area contributed by atoms with Gasteiger partial charge in [0.1, 0.15) is 12.4 Å². The van der Waals surface area contributed by atoms with Gasteiger partial charge in [0.05, 0.1) is 17.8 Å². The molecule has 2 aromatic carbocycles. The van der Waals surface area contributed by atoms with Gasteiger partial charge in [-0.15, -0.1) is 0 Å². The third kappa shape index (κ3) is 5.51. The van der Waals surface area contributed by atoms with Gasteiger partial charge in [-0.1, -0.05) is 18.2 Å². The first-order chi connectivity index (χ1) is 15.7. The largest absolute Gasteiger partial charge is 0.489 e. The van der Waals surface area contributed by atoms with E-state index in [2.05, 4.69) is 0 Å². The van der Waals surface area contributed by atoms with Gasteiger partial charge in [-0.05, 0) is 60.0 Å². The predicted molar refractivity (Wildman–Crippen MR) is 117 cm³/mol. The lowest BCUT2D eigenvalue weighted by Gasteiger charge is -2.26. The van der Waals surface area contributed by atoms with Crippen molar-refractivity contribution in [3.8, 4) is 17.0 Å². The molecule has 0 aliphatic carbocycles. The van der Waals surface area contributed by atoms with Crippen molar-refractivity contribution in [1.29, 1.82) is 0 Å². The van der Waals surface area contributed by atoms with Gasteiger partial charge < -0.3 is 9.84 Å². The normalized spacial score (nSPS) is 14.1. The Kier molecular flexibility index (Phi) is 6.37. The topological polar surface area (TPSA) is 62.7 Å². The van der Waals surface area contributed by atoms with E-state index in [1.807, 2.05) is 42.2 Å². The number of carboxylic acids is 1. The fourth-order valence-electron chi connectivity index (χ4n) is 3.88. The molecule has 0 atom stereocenters. The van der Waals surface area contributed by atoms with Crippen LogP contribution in [-0.2, 0) is 30.5 Å². The van der Waals surface area contributed by atoms with Crippen molar-refractivity contribution in [2.24, 2.45) is 0 Å². The number of aliphatic carboxylic acids is 1. The number of hydrogen-bond acceptors (Lipinski definition) is 4. The van der Waals surface area contributed by atoms with Crippen molar-refractivity contribution >= 4 is 5.97 Å². The van der Waals surface area contributed by atoms with E-state index in [0.717, 1.165) is 40.2 Å². The van der Waals surface area contributed by atoms with Crippen LogP contribution >= 0.6 is 0 Å². The highest BCUT2D eigenvalue weighted by molar-refractivity contribution is 5.69. The maximum absolute atomic E-state index is 12.7. The lowest BCUT2D eigenvalue weighted by atomic mass is 10.0. The van der Waals surface area contributed by atoms with Crippen LogP contribution in [0.4, 0.5) is 13.2 Å². The molecule has 0 amide bonds. The lowest BCUT2D eigenvalue weighted by Crippen LogP contribution is -2.35. The number of hydrogen-bond donors (Lipinski definition) is 1. The van der Waals surface area contributed by atoms with E-state index in [1.165, 1.54) is 12.1 Å². The molecule has 0 radical (unpaired) electrons. The fourth-order valence-corrected chi connectivity index (χ4v) is 3.88. The molecule has 0 unspecified atom stereocenters. The number of carboxylic acid groups (broad SMARTS) is 1. The van der Waals surface area contributed by atoms with Crippen LogP contribution in [0.15, 0.2) is 54.6 Å². The minimum Gasteiger partial charge on any atom is -0.489 e. The Hall–Kier alpha value is -3.39. The smallest absolute Gasteiger partial charge is 0.416 e. The highest BCUT2D eigenvalue weighted by Gasteiger charge is 2.29. The van der Waals surface area contributed by atoms with Gasteiger partial charge in [0, 0.05) is 30.8 Å². The zero-order chi connectivity index (χ0) is 23.6. The number of carbonyl (C=O) groups is 1. The molecule has 0 bridgehead atoms. The van der Waals surface area contributed by atoms with Gasteiger partial charge >= 0.3 is 12.1 Å². The van der Waals surface area contributed by atoms with Gasteiger partial charge in [-0.25, -0.2) is 0 Å². The average molecular weight is 456 g/mol. The van der Waals surface area contributed by atoms with E-state index >= 15 is 0 Å². The fraction of sp³-hybridized carbons (Fsp3) is 0.280. The van der Waals surface area contributed by atoms with Crippen LogP contribution in [0.1, 0.15) is 27.9 Å². The molecular formula is C25H23F3N2O3. The second kappa shape index (κ2) is 9.23. The summed E-state index contributed by atoms with van der Waals surface area (Å²) < 4.78 is 43.9. The summed E-state index contributed by atoms with van der Waals surface area (Å²) in [6, 6.07) is 14.6. The van der Waals surface area contributed by atoms with Crippen molar-refractivity contribution in [2.75, 3.05) is 13.1 Å². The first-order valence-corrected chi connectivity index (χ1v) is 10.5. The Labute approximate surface area is 189 Å². The molecule has 33 heavy (non-hydrogen) atoms. The maximum atomic E-state index is 12.7.